The average Bonchev–Trinajstić information content (AvgIpc) is 3.68. The molecule has 2 heterocycles. The number of fused-ring (bicyclic) bond motifs is 1. The van der Waals surface area contributed by atoms with E-state index in [0.717, 1.165) is 18.9 Å². The second kappa shape index (κ2) is 10.7. The number of hydrogen-bond acceptors (Lipinski definition) is 5. The highest BCUT2D eigenvalue weighted by atomic mass is 19.1. The van der Waals surface area contributed by atoms with Crippen LogP contribution in [0.1, 0.15) is 35.4 Å². The zero-order valence-corrected chi connectivity index (χ0v) is 21.7. The van der Waals surface area contributed by atoms with Gasteiger partial charge in [-0.15, -0.1) is 0 Å². The van der Waals surface area contributed by atoms with Crippen LogP contribution in [0.4, 0.5) is 17.6 Å². The molecule has 1 saturated carbocycles. The summed E-state index contributed by atoms with van der Waals surface area (Å²) < 4.78 is 65.1. The molecule has 0 amide bonds. The molecule has 2 aromatic heterocycles. The summed E-state index contributed by atoms with van der Waals surface area (Å²) in [7, 11) is 0. The zero-order chi connectivity index (χ0) is 28.6. The van der Waals surface area contributed by atoms with Crippen molar-refractivity contribution in [2.75, 3.05) is 6.67 Å². The van der Waals surface area contributed by atoms with Crippen molar-refractivity contribution in [3.8, 4) is 23.3 Å². The van der Waals surface area contributed by atoms with Gasteiger partial charge in [-0.3, -0.25) is 4.39 Å². The third-order valence-electron chi connectivity index (χ3n) is 7.39. The van der Waals surface area contributed by atoms with Crippen molar-refractivity contribution < 1.29 is 22.3 Å². The fraction of sp³-hybridized carbons (Fsp3) is 0.226. The maximum Gasteiger partial charge on any atom is 0.317 e. The lowest BCUT2D eigenvalue weighted by Gasteiger charge is -2.15. The number of benzene rings is 3. The van der Waals surface area contributed by atoms with E-state index in [1.54, 1.807) is 24.3 Å². The highest BCUT2D eigenvalue weighted by molar-refractivity contribution is 5.77. The van der Waals surface area contributed by atoms with Crippen molar-refractivity contribution in [2.24, 2.45) is 5.41 Å². The first-order chi connectivity index (χ1) is 19.9. The number of nitriles is 1. The minimum atomic E-state index is -0.588. The van der Waals surface area contributed by atoms with Gasteiger partial charge in [-0.2, -0.15) is 10.2 Å². The second-order valence-corrected chi connectivity index (χ2v) is 10.3. The standard InChI is InChI=1S/C31H23F4N5O/c32-17-31(9-10-31)18-40-27-3-1-2-23(33)29(27)39-28(40)14-19-5-7-22(25(35)12-19)26-8-11-37-30(38-26)41-16-21-6-4-20(15-36)13-24(21)34/h1-8,11-13H,9-10,14,16-18H2. The number of halogens is 4. The van der Waals surface area contributed by atoms with E-state index in [1.807, 2.05) is 10.6 Å². The summed E-state index contributed by atoms with van der Waals surface area (Å²) >= 11 is 0. The van der Waals surface area contributed by atoms with Crippen LogP contribution in [-0.2, 0) is 19.6 Å². The molecule has 3 aromatic carbocycles. The second-order valence-electron chi connectivity index (χ2n) is 10.3. The molecule has 6 rings (SSSR count). The molecule has 0 atom stereocenters. The van der Waals surface area contributed by atoms with Crippen molar-refractivity contribution in [2.45, 2.75) is 32.4 Å². The predicted molar refractivity (Wildman–Crippen MR) is 143 cm³/mol. The minimum absolute atomic E-state index is 0.0626. The van der Waals surface area contributed by atoms with Crippen molar-refractivity contribution in [1.82, 2.24) is 19.5 Å². The van der Waals surface area contributed by atoms with Crippen LogP contribution < -0.4 is 4.74 Å². The third kappa shape index (κ3) is 5.35. The van der Waals surface area contributed by atoms with Gasteiger partial charge in [-0.1, -0.05) is 18.2 Å². The molecule has 1 aliphatic carbocycles. The fourth-order valence-electron chi connectivity index (χ4n) is 4.81. The fourth-order valence-corrected chi connectivity index (χ4v) is 4.81. The Labute approximate surface area is 232 Å². The molecule has 0 saturated heterocycles. The Morgan fingerprint density at radius 1 is 0.951 bits per heavy atom. The molecule has 10 heteroatoms. The van der Waals surface area contributed by atoms with Crippen LogP contribution in [0, 0.1) is 34.2 Å². The molecule has 0 bridgehead atoms. The van der Waals surface area contributed by atoms with E-state index < -0.39 is 29.5 Å². The molecular formula is C31H23F4N5O. The van der Waals surface area contributed by atoms with Crippen LogP contribution >= 0.6 is 0 Å². The molecule has 0 spiro atoms. The van der Waals surface area contributed by atoms with Crippen molar-refractivity contribution in [3.05, 3.63) is 107 Å². The largest absolute Gasteiger partial charge is 0.458 e. The van der Waals surface area contributed by atoms with Crippen molar-refractivity contribution in [3.63, 3.8) is 0 Å². The van der Waals surface area contributed by atoms with Crippen LogP contribution in [0.15, 0.2) is 66.9 Å². The van der Waals surface area contributed by atoms with Gasteiger partial charge in [0.2, 0.25) is 0 Å². The Balaban J connectivity index is 1.23. The predicted octanol–water partition coefficient (Wildman–Crippen LogP) is 6.70. The Bertz CT molecular complexity index is 1810. The number of alkyl halides is 1. The molecule has 0 unspecified atom stereocenters. The lowest BCUT2D eigenvalue weighted by molar-refractivity contribution is 0.275. The average molecular weight is 558 g/mol. The SMILES string of the molecule is N#Cc1ccc(COc2nccc(-c3ccc(Cc4nc5c(F)cccc5n4CC4(CF)CC4)cc3F)n2)c(F)c1. The first-order valence-electron chi connectivity index (χ1n) is 13.0. The topological polar surface area (TPSA) is 76.6 Å². The van der Waals surface area contributed by atoms with Crippen LogP contribution in [0.25, 0.3) is 22.3 Å². The number of ether oxygens (including phenoxy) is 1. The summed E-state index contributed by atoms with van der Waals surface area (Å²) in [5.41, 5.74) is 1.84. The van der Waals surface area contributed by atoms with Gasteiger partial charge in [0, 0.05) is 35.7 Å². The maximum atomic E-state index is 15.3. The van der Waals surface area contributed by atoms with Gasteiger partial charge in [0.25, 0.3) is 0 Å². The zero-order valence-electron chi connectivity index (χ0n) is 21.7. The van der Waals surface area contributed by atoms with Crippen LogP contribution in [0.2, 0.25) is 0 Å². The lowest BCUT2D eigenvalue weighted by atomic mass is 10.1. The summed E-state index contributed by atoms with van der Waals surface area (Å²) in [6.45, 7) is -0.249. The monoisotopic (exact) mass is 557 g/mol. The van der Waals surface area contributed by atoms with E-state index >= 15 is 4.39 Å². The van der Waals surface area contributed by atoms with Crippen molar-refractivity contribution >= 4 is 11.0 Å². The van der Waals surface area contributed by atoms with E-state index in [-0.39, 0.29) is 46.9 Å². The van der Waals surface area contributed by atoms with Gasteiger partial charge in [0.1, 0.15) is 29.6 Å². The lowest BCUT2D eigenvalue weighted by Crippen LogP contribution is -2.16. The van der Waals surface area contributed by atoms with Gasteiger partial charge >= 0.3 is 6.01 Å². The van der Waals surface area contributed by atoms with E-state index in [4.69, 9.17) is 10.00 Å². The van der Waals surface area contributed by atoms with Gasteiger partial charge in [0.15, 0.2) is 5.82 Å². The van der Waals surface area contributed by atoms with Crippen LogP contribution in [0.3, 0.4) is 0 Å². The molecule has 0 radical (unpaired) electrons. The molecule has 6 nitrogen and oxygen atoms in total. The van der Waals surface area contributed by atoms with E-state index in [0.29, 0.717) is 23.4 Å². The highest BCUT2D eigenvalue weighted by Gasteiger charge is 2.43. The van der Waals surface area contributed by atoms with Gasteiger partial charge < -0.3 is 9.30 Å². The summed E-state index contributed by atoms with van der Waals surface area (Å²) in [5.74, 6) is -1.06. The highest BCUT2D eigenvalue weighted by Crippen LogP contribution is 2.48. The Hall–Kier alpha value is -4.78. The number of rotatable bonds is 9. The Morgan fingerprint density at radius 2 is 1.80 bits per heavy atom. The molecule has 0 aliphatic heterocycles. The molecule has 206 valence electrons. The Kier molecular flexibility index (Phi) is 6.87. The summed E-state index contributed by atoms with van der Waals surface area (Å²) in [5, 5.41) is 8.89. The number of imidazole rings is 1. The first kappa shape index (κ1) is 26.4. The van der Waals surface area contributed by atoms with E-state index in [2.05, 4.69) is 15.0 Å². The summed E-state index contributed by atoms with van der Waals surface area (Å²) in [6, 6.07) is 16.7. The molecule has 1 aliphatic rings. The molecular weight excluding hydrogens is 534 g/mol. The first-order valence-corrected chi connectivity index (χ1v) is 13.0. The number of nitrogens with zero attached hydrogens (tertiary/aromatic N) is 5. The van der Waals surface area contributed by atoms with E-state index in [9.17, 15) is 13.2 Å². The number of hydrogen-bond donors (Lipinski definition) is 0. The molecule has 5 aromatic rings. The smallest absolute Gasteiger partial charge is 0.317 e. The summed E-state index contributed by atoms with van der Waals surface area (Å²) in [6.07, 6.45) is 3.15. The minimum Gasteiger partial charge on any atom is -0.458 e. The molecule has 0 N–H and O–H groups in total. The molecule has 1 fully saturated rings. The van der Waals surface area contributed by atoms with Gasteiger partial charge in [0.05, 0.1) is 29.5 Å². The normalized spacial score (nSPS) is 13.7. The maximum absolute atomic E-state index is 15.3. The van der Waals surface area contributed by atoms with Crippen LogP contribution in [0.5, 0.6) is 6.01 Å². The van der Waals surface area contributed by atoms with E-state index in [1.165, 1.54) is 36.5 Å². The Morgan fingerprint density at radius 3 is 2.54 bits per heavy atom. The number of aromatic nitrogens is 4. The van der Waals surface area contributed by atoms with Gasteiger partial charge in [-0.25, -0.2) is 23.1 Å². The third-order valence-corrected chi connectivity index (χ3v) is 7.39. The van der Waals surface area contributed by atoms with Gasteiger partial charge in [-0.05, 0) is 60.9 Å². The van der Waals surface area contributed by atoms with Crippen LogP contribution in [-0.4, -0.2) is 26.2 Å². The van der Waals surface area contributed by atoms with Crippen molar-refractivity contribution in [1.29, 1.82) is 5.26 Å². The quantitative estimate of drug-likeness (QED) is 0.189. The summed E-state index contributed by atoms with van der Waals surface area (Å²) in [4.78, 5) is 12.8. The molecule has 41 heavy (non-hydrogen) atoms. The number of para-hydroxylation sites is 1.